The average Bonchev–Trinajstić information content (AvgIpc) is 2.76. The molecule has 18 heavy (non-hydrogen) atoms. The Labute approximate surface area is 121 Å². The number of anilines is 1. The molecule has 0 atom stereocenters. The zero-order valence-electron chi connectivity index (χ0n) is 9.11. The standard InChI is InChI=1S/C12H9FINO2S/c13-8-1-2-11(10(14)4-8)15-5-9-3-7(6-18-9)12(16)17/h1-4,6,15H,5H2,(H,16,17). The van der Waals surface area contributed by atoms with E-state index in [1.807, 2.05) is 0 Å². The van der Waals surface area contributed by atoms with E-state index in [1.165, 1.54) is 23.5 Å². The number of halogens is 2. The molecule has 6 heteroatoms. The van der Waals surface area contributed by atoms with Crippen molar-refractivity contribution in [1.82, 2.24) is 0 Å². The van der Waals surface area contributed by atoms with Crippen LogP contribution in [-0.4, -0.2) is 11.1 Å². The molecular weight excluding hydrogens is 368 g/mol. The smallest absolute Gasteiger partial charge is 0.336 e. The lowest BCUT2D eigenvalue weighted by Crippen LogP contribution is -2.00. The van der Waals surface area contributed by atoms with Gasteiger partial charge in [0, 0.05) is 26.1 Å². The molecule has 2 N–H and O–H groups in total. The van der Waals surface area contributed by atoms with Crippen molar-refractivity contribution >= 4 is 45.6 Å². The van der Waals surface area contributed by atoms with Crippen LogP contribution in [-0.2, 0) is 6.54 Å². The fraction of sp³-hybridized carbons (Fsp3) is 0.0833. The molecule has 0 aliphatic carbocycles. The third-order valence-electron chi connectivity index (χ3n) is 2.28. The quantitative estimate of drug-likeness (QED) is 0.797. The van der Waals surface area contributed by atoms with Crippen molar-refractivity contribution in [1.29, 1.82) is 0 Å². The number of thiophene rings is 1. The highest BCUT2D eigenvalue weighted by atomic mass is 127. The van der Waals surface area contributed by atoms with Crippen molar-refractivity contribution in [3.8, 4) is 0 Å². The van der Waals surface area contributed by atoms with Crippen LogP contribution in [0.5, 0.6) is 0 Å². The largest absolute Gasteiger partial charge is 0.478 e. The molecule has 0 unspecified atom stereocenters. The van der Waals surface area contributed by atoms with Crippen molar-refractivity contribution in [2.75, 3.05) is 5.32 Å². The van der Waals surface area contributed by atoms with Crippen LogP contribution in [0.25, 0.3) is 0 Å². The number of benzene rings is 1. The summed E-state index contributed by atoms with van der Waals surface area (Å²) in [6.45, 7) is 0.527. The first kappa shape index (κ1) is 13.3. The summed E-state index contributed by atoms with van der Waals surface area (Å²) < 4.78 is 13.7. The number of carboxylic acids is 1. The van der Waals surface area contributed by atoms with E-state index in [0.29, 0.717) is 12.1 Å². The van der Waals surface area contributed by atoms with Gasteiger partial charge >= 0.3 is 5.97 Å². The van der Waals surface area contributed by atoms with E-state index in [4.69, 9.17) is 5.11 Å². The van der Waals surface area contributed by atoms with Gasteiger partial charge < -0.3 is 10.4 Å². The lowest BCUT2D eigenvalue weighted by Gasteiger charge is -2.07. The summed E-state index contributed by atoms with van der Waals surface area (Å²) >= 11 is 3.44. The van der Waals surface area contributed by atoms with Crippen molar-refractivity contribution < 1.29 is 14.3 Å². The highest BCUT2D eigenvalue weighted by Crippen LogP contribution is 2.21. The molecule has 0 aliphatic heterocycles. The van der Waals surface area contributed by atoms with Gasteiger partial charge in [-0.3, -0.25) is 0 Å². The van der Waals surface area contributed by atoms with Gasteiger partial charge in [-0.2, -0.15) is 0 Å². The molecule has 0 saturated carbocycles. The summed E-state index contributed by atoms with van der Waals surface area (Å²) in [6.07, 6.45) is 0. The van der Waals surface area contributed by atoms with Crippen LogP contribution in [0.4, 0.5) is 10.1 Å². The second-order valence-electron chi connectivity index (χ2n) is 3.58. The zero-order chi connectivity index (χ0) is 13.1. The lowest BCUT2D eigenvalue weighted by atomic mass is 10.3. The van der Waals surface area contributed by atoms with Crippen LogP contribution in [0.15, 0.2) is 29.6 Å². The van der Waals surface area contributed by atoms with E-state index >= 15 is 0 Å². The minimum atomic E-state index is -0.922. The van der Waals surface area contributed by atoms with Crippen LogP contribution in [0.1, 0.15) is 15.2 Å². The van der Waals surface area contributed by atoms with Gasteiger partial charge in [0.25, 0.3) is 0 Å². The summed E-state index contributed by atoms with van der Waals surface area (Å²) in [6, 6.07) is 6.14. The topological polar surface area (TPSA) is 49.3 Å². The Kier molecular flexibility index (Phi) is 4.18. The lowest BCUT2D eigenvalue weighted by molar-refractivity contribution is 0.0697. The molecule has 0 saturated heterocycles. The first-order chi connectivity index (χ1) is 8.56. The van der Waals surface area contributed by atoms with Crippen molar-refractivity contribution in [3.05, 3.63) is 49.5 Å². The second kappa shape index (κ2) is 5.66. The second-order valence-corrected chi connectivity index (χ2v) is 5.74. The maximum Gasteiger partial charge on any atom is 0.336 e. The number of nitrogens with one attached hydrogen (secondary N) is 1. The molecule has 1 aromatic heterocycles. The summed E-state index contributed by atoms with van der Waals surface area (Å²) in [7, 11) is 0. The Morgan fingerprint density at radius 1 is 1.44 bits per heavy atom. The molecule has 0 spiro atoms. The molecule has 0 radical (unpaired) electrons. The van der Waals surface area contributed by atoms with Crippen molar-refractivity contribution in [2.45, 2.75) is 6.54 Å². The first-order valence-corrected chi connectivity index (χ1v) is 7.02. The molecule has 0 aliphatic rings. The van der Waals surface area contributed by atoms with Crippen LogP contribution < -0.4 is 5.32 Å². The number of carboxylic acid groups (broad SMARTS) is 1. The van der Waals surface area contributed by atoms with Crippen LogP contribution in [0.2, 0.25) is 0 Å². The van der Waals surface area contributed by atoms with E-state index in [-0.39, 0.29) is 5.82 Å². The van der Waals surface area contributed by atoms with Gasteiger partial charge in [0.05, 0.1) is 5.56 Å². The van der Waals surface area contributed by atoms with Crippen LogP contribution in [0, 0.1) is 9.39 Å². The molecule has 0 fully saturated rings. The van der Waals surface area contributed by atoms with Crippen molar-refractivity contribution in [3.63, 3.8) is 0 Å². The van der Waals surface area contributed by atoms with Gasteiger partial charge in [0.1, 0.15) is 5.82 Å². The molecule has 1 aromatic carbocycles. The Balaban J connectivity index is 2.04. The van der Waals surface area contributed by atoms with Gasteiger partial charge in [-0.15, -0.1) is 11.3 Å². The minimum Gasteiger partial charge on any atom is -0.478 e. The number of hydrogen-bond acceptors (Lipinski definition) is 3. The molecule has 2 rings (SSSR count). The Bertz CT molecular complexity index is 585. The highest BCUT2D eigenvalue weighted by molar-refractivity contribution is 14.1. The van der Waals surface area contributed by atoms with Gasteiger partial charge in [-0.1, -0.05) is 0 Å². The Morgan fingerprint density at radius 3 is 2.83 bits per heavy atom. The van der Waals surface area contributed by atoms with Gasteiger partial charge in [0.15, 0.2) is 0 Å². The first-order valence-electron chi connectivity index (χ1n) is 5.06. The van der Waals surface area contributed by atoms with E-state index in [9.17, 15) is 9.18 Å². The Hall–Kier alpha value is -1.15. The van der Waals surface area contributed by atoms with E-state index in [0.717, 1.165) is 14.1 Å². The molecular formula is C12H9FINO2S. The number of hydrogen-bond donors (Lipinski definition) is 2. The summed E-state index contributed by atoms with van der Waals surface area (Å²) in [5, 5.41) is 13.6. The number of carbonyl (C=O) groups is 1. The monoisotopic (exact) mass is 377 g/mol. The van der Waals surface area contributed by atoms with E-state index in [2.05, 4.69) is 27.9 Å². The summed E-state index contributed by atoms with van der Waals surface area (Å²) in [5.74, 6) is -1.19. The molecule has 3 nitrogen and oxygen atoms in total. The van der Waals surface area contributed by atoms with Gasteiger partial charge in [-0.25, -0.2) is 9.18 Å². The predicted octanol–water partition coefficient (Wildman–Crippen LogP) is 3.80. The van der Waals surface area contributed by atoms with Crippen molar-refractivity contribution in [2.24, 2.45) is 0 Å². The Morgan fingerprint density at radius 2 is 2.22 bits per heavy atom. The summed E-state index contributed by atoms with van der Waals surface area (Å²) in [5.41, 5.74) is 1.13. The van der Waals surface area contributed by atoms with Gasteiger partial charge in [-0.05, 0) is 46.9 Å². The minimum absolute atomic E-state index is 0.269. The fourth-order valence-corrected chi connectivity index (χ4v) is 2.87. The van der Waals surface area contributed by atoms with Crippen LogP contribution >= 0.6 is 33.9 Å². The zero-order valence-corrected chi connectivity index (χ0v) is 12.1. The highest BCUT2D eigenvalue weighted by Gasteiger charge is 2.07. The maximum absolute atomic E-state index is 12.9. The normalized spacial score (nSPS) is 10.3. The number of aromatic carboxylic acids is 1. The van der Waals surface area contributed by atoms with Gasteiger partial charge in [0.2, 0.25) is 0 Å². The third-order valence-corrected chi connectivity index (χ3v) is 4.11. The summed E-state index contributed by atoms with van der Waals surface area (Å²) in [4.78, 5) is 11.6. The van der Waals surface area contributed by atoms with Crippen LogP contribution in [0.3, 0.4) is 0 Å². The molecule has 2 aromatic rings. The van der Waals surface area contributed by atoms with E-state index in [1.54, 1.807) is 17.5 Å². The average molecular weight is 377 g/mol. The molecule has 94 valence electrons. The molecule has 0 bridgehead atoms. The van der Waals surface area contributed by atoms with E-state index < -0.39 is 5.97 Å². The molecule has 1 heterocycles. The SMILES string of the molecule is O=C(O)c1csc(CNc2ccc(F)cc2I)c1. The number of rotatable bonds is 4. The maximum atomic E-state index is 12.9. The third kappa shape index (κ3) is 3.20. The fourth-order valence-electron chi connectivity index (χ4n) is 1.40. The molecule has 0 amide bonds. The predicted molar refractivity (Wildman–Crippen MR) is 77.7 cm³/mol.